The van der Waals surface area contributed by atoms with E-state index >= 15 is 0 Å². The van der Waals surface area contributed by atoms with Gasteiger partial charge in [-0.2, -0.15) is 0 Å². The molecule has 1 saturated heterocycles. The molecule has 122 valence electrons. The summed E-state index contributed by atoms with van der Waals surface area (Å²) in [4.78, 5) is 24.3. The molecule has 7 heteroatoms. The number of rotatable bonds is 3. The number of ether oxygens (including phenoxy) is 3. The molecule has 1 aromatic rings. The highest BCUT2D eigenvalue weighted by atomic mass is 79.9. The van der Waals surface area contributed by atoms with Crippen LogP contribution in [0.3, 0.4) is 0 Å². The molecule has 0 aliphatic carbocycles. The Hall–Kier alpha value is -2.02. The Labute approximate surface area is 141 Å². The minimum atomic E-state index is -0.635. The van der Waals surface area contributed by atoms with Crippen LogP contribution in [-0.2, 0) is 14.3 Å². The summed E-state index contributed by atoms with van der Waals surface area (Å²) in [6, 6.07) is 3.59. The van der Waals surface area contributed by atoms with Crippen molar-refractivity contribution in [2.75, 3.05) is 13.4 Å². The number of carbonyl (C=O) groups excluding carboxylic acids is 2. The van der Waals surface area contributed by atoms with E-state index in [1.54, 1.807) is 19.1 Å². The number of halogens is 1. The Morgan fingerprint density at radius 3 is 2.83 bits per heavy atom. The first-order valence-corrected chi connectivity index (χ1v) is 8.05. The Balaban J connectivity index is 2.01. The summed E-state index contributed by atoms with van der Waals surface area (Å²) in [5, 5.41) is 2.63. The number of fused-ring (bicyclic) bond motifs is 1. The lowest BCUT2D eigenvalue weighted by Gasteiger charge is -2.32. The summed E-state index contributed by atoms with van der Waals surface area (Å²) < 4.78 is 16.6. The van der Waals surface area contributed by atoms with E-state index in [0.29, 0.717) is 17.2 Å². The quantitative estimate of drug-likeness (QED) is 0.814. The van der Waals surface area contributed by atoms with Crippen molar-refractivity contribution in [3.8, 4) is 11.5 Å². The van der Waals surface area contributed by atoms with E-state index in [9.17, 15) is 9.59 Å². The van der Waals surface area contributed by atoms with Gasteiger partial charge in [0.15, 0.2) is 11.5 Å². The van der Waals surface area contributed by atoms with E-state index in [1.807, 2.05) is 0 Å². The summed E-state index contributed by atoms with van der Waals surface area (Å²) in [7, 11) is 0. The van der Waals surface area contributed by atoms with Crippen LogP contribution in [-0.4, -0.2) is 25.3 Å². The van der Waals surface area contributed by atoms with Gasteiger partial charge in [-0.1, -0.05) is 22.5 Å². The summed E-state index contributed by atoms with van der Waals surface area (Å²) in [5.74, 6) is -0.351. The highest BCUT2D eigenvalue weighted by Crippen LogP contribution is 2.44. The maximum absolute atomic E-state index is 12.3. The fourth-order valence-electron chi connectivity index (χ4n) is 2.91. The van der Waals surface area contributed by atoms with Crippen LogP contribution in [0.5, 0.6) is 11.5 Å². The van der Waals surface area contributed by atoms with Gasteiger partial charge in [0.2, 0.25) is 12.7 Å². The molecule has 2 aliphatic heterocycles. The smallest absolute Gasteiger partial charge is 0.315 e. The zero-order valence-electron chi connectivity index (χ0n) is 12.6. The van der Waals surface area contributed by atoms with E-state index in [4.69, 9.17) is 14.2 Å². The third-order valence-corrected chi connectivity index (χ3v) is 4.60. The van der Waals surface area contributed by atoms with Crippen molar-refractivity contribution in [3.63, 3.8) is 0 Å². The number of nitrogens with one attached hydrogen (secondary N) is 1. The van der Waals surface area contributed by atoms with Crippen molar-refractivity contribution < 1.29 is 23.8 Å². The molecule has 2 atom stereocenters. The first-order valence-electron chi connectivity index (χ1n) is 7.25. The van der Waals surface area contributed by atoms with E-state index in [1.165, 1.54) is 0 Å². The third kappa shape index (κ3) is 2.93. The molecule has 1 fully saturated rings. The van der Waals surface area contributed by atoms with Crippen molar-refractivity contribution in [2.24, 2.45) is 5.92 Å². The normalized spacial score (nSPS) is 22.7. The van der Waals surface area contributed by atoms with Gasteiger partial charge in [0.1, 0.15) is 5.92 Å². The minimum absolute atomic E-state index is 0.157. The number of piperidine rings is 1. The van der Waals surface area contributed by atoms with Crippen LogP contribution < -0.4 is 14.8 Å². The Morgan fingerprint density at radius 2 is 2.13 bits per heavy atom. The second-order valence-corrected chi connectivity index (χ2v) is 6.20. The summed E-state index contributed by atoms with van der Waals surface area (Å²) in [5.41, 5.74) is 1.15. The van der Waals surface area contributed by atoms with Crippen LogP contribution in [0.25, 0.3) is 0 Å². The average molecular weight is 382 g/mol. The molecule has 0 spiro atoms. The predicted octanol–water partition coefficient (Wildman–Crippen LogP) is 2.47. The molecule has 2 unspecified atom stereocenters. The van der Waals surface area contributed by atoms with Gasteiger partial charge in [-0.05, 0) is 24.6 Å². The van der Waals surface area contributed by atoms with Gasteiger partial charge >= 0.3 is 5.97 Å². The van der Waals surface area contributed by atoms with Crippen molar-refractivity contribution >= 4 is 27.8 Å². The first-order chi connectivity index (χ1) is 11.0. The van der Waals surface area contributed by atoms with Crippen LogP contribution in [0.2, 0.25) is 0 Å². The van der Waals surface area contributed by atoms with Gasteiger partial charge in [0.05, 0.1) is 6.61 Å². The number of amides is 1. The van der Waals surface area contributed by atoms with Crippen LogP contribution in [0, 0.1) is 5.92 Å². The van der Waals surface area contributed by atoms with E-state index in [-0.39, 0.29) is 31.6 Å². The standard InChI is InChI=1S/C16H16BrNO5/c1-3-21-16(20)15-8(2)18-14(19)5-10(15)9-4-12-13(6-11(9)17)23-7-22-12/h4,6,10,15H,2-3,5,7H2,1H3,(H,18,19). The highest BCUT2D eigenvalue weighted by molar-refractivity contribution is 9.10. The molecule has 2 aliphatic rings. The molecular formula is C16H16BrNO5. The third-order valence-electron chi connectivity index (χ3n) is 3.91. The average Bonchev–Trinajstić information content (AvgIpc) is 2.92. The highest BCUT2D eigenvalue weighted by Gasteiger charge is 2.40. The molecule has 1 amide bonds. The largest absolute Gasteiger partial charge is 0.465 e. The lowest BCUT2D eigenvalue weighted by atomic mass is 9.79. The molecule has 6 nitrogen and oxygen atoms in total. The van der Waals surface area contributed by atoms with Crippen LogP contribution in [0.4, 0.5) is 0 Å². The SMILES string of the molecule is C=C1NC(=O)CC(c2cc3c(cc2Br)OCO3)C1C(=O)OCC. The van der Waals surface area contributed by atoms with Gasteiger partial charge in [-0.25, -0.2) is 0 Å². The fourth-order valence-corrected chi connectivity index (χ4v) is 3.53. The number of hydrogen-bond donors (Lipinski definition) is 1. The van der Waals surface area contributed by atoms with Gasteiger partial charge in [-0.15, -0.1) is 0 Å². The molecule has 0 bridgehead atoms. The van der Waals surface area contributed by atoms with Gasteiger partial charge < -0.3 is 19.5 Å². The van der Waals surface area contributed by atoms with Crippen molar-refractivity contribution in [3.05, 3.63) is 34.4 Å². The molecule has 2 heterocycles. The van der Waals surface area contributed by atoms with Gasteiger partial charge in [-0.3, -0.25) is 9.59 Å². The van der Waals surface area contributed by atoms with Crippen LogP contribution in [0.1, 0.15) is 24.8 Å². The van der Waals surface area contributed by atoms with Crippen molar-refractivity contribution in [1.82, 2.24) is 5.32 Å². The van der Waals surface area contributed by atoms with Crippen molar-refractivity contribution in [2.45, 2.75) is 19.3 Å². The molecule has 0 saturated carbocycles. The maximum Gasteiger partial charge on any atom is 0.315 e. The summed E-state index contributed by atoms with van der Waals surface area (Å²) >= 11 is 3.49. The molecule has 0 radical (unpaired) electrons. The molecule has 3 rings (SSSR count). The predicted molar refractivity (Wildman–Crippen MR) is 85.0 cm³/mol. The second-order valence-electron chi connectivity index (χ2n) is 5.34. The Bertz CT molecular complexity index is 687. The number of benzene rings is 1. The van der Waals surface area contributed by atoms with Crippen molar-refractivity contribution in [1.29, 1.82) is 0 Å². The maximum atomic E-state index is 12.3. The van der Waals surface area contributed by atoms with Gasteiger partial charge in [0.25, 0.3) is 0 Å². The first kappa shape index (κ1) is 15.9. The minimum Gasteiger partial charge on any atom is -0.465 e. The summed E-state index contributed by atoms with van der Waals surface area (Å²) in [6.07, 6.45) is 0.167. The lowest BCUT2D eigenvalue weighted by molar-refractivity contribution is -0.148. The molecule has 23 heavy (non-hydrogen) atoms. The second kappa shape index (κ2) is 6.23. The number of carbonyl (C=O) groups is 2. The number of esters is 1. The van der Waals surface area contributed by atoms with E-state index in [2.05, 4.69) is 27.8 Å². The molecule has 1 N–H and O–H groups in total. The topological polar surface area (TPSA) is 73.9 Å². The fraction of sp³-hybridized carbons (Fsp3) is 0.375. The molecular weight excluding hydrogens is 366 g/mol. The van der Waals surface area contributed by atoms with E-state index in [0.717, 1.165) is 10.0 Å². The Morgan fingerprint density at radius 1 is 1.43 bits per heavy atom. The molecule has 1 aromatic carbocycles. The lowest BCUT2D eigenvalue weighted by Crippen LogP contribution is -2.41. The zero-order chi connectivity index (χ0) is 16.6. The van der Waals surface area contributed by atoms with Crippen LogP contribution in [0.15, 0.2) is 28.9 Å². The zero-order valence-corrected chi connectivity index (χ0v) is 14.1. The monoisotopic (exact) mass is 381 g/mol. The molecule has 0 aromatic heterocycles. The van der Waals surface area contributed by atoms with Gasteiger partial charge in [0, 0.05) is 22.5 Å². The Kier molecular flexibility index (Phi) is 4.30. The van der Waals surface area contributed by atoms with Crippen LogP contribution >= 0.6 is 15.9 Å². The summed E-state index contributed by atoms with van der Waals surface area (Å²) in [6.45, 7) is 5.99. The van der Waals surface area contributed by atoms with E-state index < -0.39 is 11.9 Å². The number of hydrogen-bond acceptors (Lipinski definition) is 5.